The summed E-state index contributed by atoms with van der Waals surface area (Å²) >= 11 is 0. The second kappa shape index (κ2) is 7.13. The van der Waals surface area contributed by atoms with Gasteiger partial charge in [0.05, 0.1) is 13.7 Å². The summed E-state index contributed by atoms with van der Waals surface area (Å²) in [4.78, 5) is 25.3. The number of Topliss-reactive ketones (excluding diaryl/α,β-unsaturated/α-hetero) is 1. The quantitative estimate of drug-likeness (QED) is 0.775. The maximum atomic E-state index is 12.8. The number of carbonyl (C=O) groups is 2. The molecule has 1 aliphatic heterocycles. The van der Waals surface area contributed by atoms with E-state index in [0.717, 1.165) is 5.56 Å². The van der Waals surface area contributed by atoms with Gasteiger partial charge in [-0.25, -0.2) is 9.18 Å². The highest BCUT2D eigenvalue weighted by molar-refractivity contribution is 5.88. The molecule has 1 aromatic rings. The van der Waals surface area contributed by atoms with Crippen molar-refractivity contribution in [3.8, 4) is 0 Å². The normalized spacial score (nSPS) is 15.4. The molecule has 1 aliphatic rings. The van der Waals surface area contributed by atoms with Crippen LogP contribution in [-0.2, 0) is 20.7 Å². The topological polar surface area (TPSA) is 46.6 Å². The van der Waals surface area contributed by atoms with Gasteiger partial charge in [-0.1, -0.05) is 18.2 Å². The molecule has 1 aromatic carbocycles. The van der Waals surface area contributed by atoms with Crippen molar-refractivity contribution in [2.45, 2.75) is 12.8 Å². The van der Waals surface area contributed by atoms with Crippen LogP contribution in [0.25, 0.3) is 0 Å². The number of nitrogens with zero attached hydrogens (tertiary/aromatic N) is 1. The molecule has 0 aromatic heterocycles. The fraction of sp³-hybridized carbons (Fsp3) is 0.375. The van der Waals surface area contributed by atoms with Gasteiger partial charge in [0.1, 0.15) is 5.82 Å². The lowest BCUT2D eigenvalue weighted by molar-refractivity contribution is -0.136. The van der Waals surface area contributed by atoms with E-state index in [1.54, 1.807) is 18.2 Å². The Morgan fingerprint density at radius 1 is 1.29 bits per heavy atom. The highest BCUT2D eigenvalue weighted by Gasteiger charge is 2.19. The Balaban J connectivity index is 1.83. The van der Waals surface area contributed by atoms with Crippen molar-refractivity contribution in [2.75, 3.05) is 26.7 Å². The molecule has 0 amide bonds. The maximum absolute atomic E-state index is 12.8. The van der Waals surface area contributed by atoms with Crippen LogP contribution >= 0.6 is 0 Å². The molecule has 21 heavy (non-hydrogen) atoms. The van der Waals surface area contributed by atoms with Gasteiger partial charge in [0.15, 0.2) is 5.78 Å². The third-order valence-corrected chi connectivity index (χ3v) is 3.46. The van der Waals surface area contributed by atoms with Crippen molar-refractivity contribution in [3.05, 3.63) is 47.3 Å². The van der Waals surface area contributed by atoms with Gasteiger partial charge in [0, 0.05) is 25.1 Å². The summed E-state index contributed by atoms with van der Waals surface area (Å²) in [7, 11) is 1.36. The highest BCUT2D eigenvalue weighted by atomic mass is 19.1. The largest absolute Gasteiger partial charge is 0.466 e. The molecule has 5 heteroatoms. The molecule has 0 saturated carbocycles. The fourth-order valence-electron chi connectivity index (χ4n) is 2.31. The van der Waals surface area contributed by atoms with E-state index in [1.807, 2.05) is 4.90 Å². The predicted molar refractivity (Wildman–Crippen MR) is 76.3 cm³/mol. The second-order valence-corrected chi connectivity index (χ2v) is 5.05. The van der Waals surface area contributed by atoms with E-state index >= 15 is 0 Å². The Bertz CT molecular complexity index is 551. The van der Waals surface area contributed by atoms with Crippen LogP contribution in [0, 0.1) is 5.82 Å². The first-order chi connectivity index (χ1) is 10.1. The monoisotopic (exact) mass is 291 g/mol. The highest BCUT2D eigenvalue weighted by Crippen LogP contribution is 2.12. The van der Waals surface area contributed by atoms with Gasteiger partial charge in [-0.3, -0.25) is 9.69 Å². The lowest BCUT2D eigenvalue weighted by Gasteiger charge is -2.24. The Hall–Kier alpha value is -2.01. The van der Waals surface area contributed by atoms with Crippen molar-refractivity contribution in [2.24, 2.45) is 0 Å². The molecule has 0 unspecified atom stereocenters. The summed E-state index contributed by atoms with van der Waals surface area (Å²) in [5, 5.41) is 0. The first-order valence-electron chi connectivity index (χ1n) is 6.84. The summed E-state index contributed by atoms with van der Waals surface area (Å²) in [6.07, 6.45) is 2.70. The second-order valence-electron chi connectivity index (χ2n) is 5.05. The molecule has 1 heterocycles. The number of hydrogen-bond acceptors (Lipinski definition) is 4. The minimum Gasteiger partial charge on any atom is -0.466 e. The number of rotatable bonds is 5. The molecule has 0 radical (unpaired) electrons. The summed E-state index contributed by atoms with van der Waals surface area (Å²) in [6.45, 7) is 1.57. The number of methoxy groups -OCH3 is 1. The summed E-state index contributed by atoms with van der Waals surface area (Å²) in [5.41, 5.74) is 1.48. The Morgan fingerprint density at radius 3 is 2.57 bits per heavy atom. The number of esters is 1. The molecule has 0 aliphatic carbocycles. The number of benzene rings is 1. The average Bonchev–Trinajstić information content (AvgIpc) is 2.49. The number of halogens is 1. The molecule has 0 N–H and O–H groups in total. The number of hydrogen-bond donors (Lipinski definition) is 0. The van der Waals surface area contributed by atoms with E-state index in [4.69, 9.17) is 0 Å². The molecular formula is C16H18FNO3. The van der Waals surface area contributed by atoms with Gasteiger partial charge in [0.25, 0.3) is 0 Å². The van der Waals surface area contributed by atoms with Gasteiger partial charge in [0.2, 0.25) is 0 Å². The lowest BCUT2D eigenvalue weighted by atomic mass is 10.1. The number of ketones is 1. The van der Waals surface area contributed by atoms with E-state index in [0.29, 0.717) is 38.0 Å². The molecule has 0 fully saturated rings. The molecule has 112 valence electrons. The van der Waals surface area contributed by atoms with E-state index in [2.05, 4.69) is 4.74 Å². The Labute approximate surface area is 123 Å². The van der Waals surface area contributed by atoms with Crippen LogP contribution in [0.2, 0.25) is 0 Å². The van der Waals surface area contributed by atoms with Crippen LogP contribution in [0.4, 0.5) is 4.39 Å². The third-order valence-electron chi connectivity index (χ3n) is 3.46. The molecule has 0 atom stereocenters. The van der Waals surface area contributed by atoms with Crippen LogP contribution in [-0.4, -0.2) is 43.4 Å². The molecule has 2 rings (SSSR count). The Morgan fingerprint density at radius 2 is 2.00 bits per heavy atom. The van der Waals surface area contributed by atoms with Crippen molar-refractivity contribution >= 4 is 11.8 Å². The zero-order chi connectivity index (χ0) is 15.2. The standard InChI is InChI=1S/C16H18FNO3/c1-21-16(20)13-6-8-18(9-7-13)11-15(19)10-12-2-4-14(17)5-3-12/h2-6H,7-11H2,1H3. The van der Waals surface area contributed by atoms with Gasteiger partial charge in [-0.15, -0.1) is 0 Å². The first-order valence-corrected chi connectivity index (χ1v) is 6.84. The summed E-state index contributed by atoms with van der Waals surface area (Å²) < 4.78 is 17.5. The van der Waals surface area contributed by atoms with Crippen molar-refractivity contribution in [3.63, 3.8) is 0 Å². The van der Waals surface area contributed by atoms with Gasteiger partial charge in [-0.05, 0) is 24.1 Å². The van der Waals surface area contributed by atoms with Crippen LogP contribution in [0.3, 0.4) is 0 Å². The van der Waals surface area contributed by atoms with Crippen LogP contribution in [0.5, 0.6) is 0 Å². The zero-order valence-electron chi connectivity index (χ0n) is 12.0. The first kappa shape index (κ1) is 15.4. The average molecular weight is 291 g/mol. The number of carbonyl (C=O) groups excluding carboxylic acids is 2. The summed E-state index contributed by atoms with van der Waals surface area (Å²) in [5.74, 6) is -0.522. The molecule has 4 nitrogen and oxygen atoms in total. The molecular weight excluding hydrogens is 273 g/mol. The van der Waals surface area contributed by atoms with Crippen LogP contribution < -0.4 is 0 Å². The van der Waals surface area contributed by atoms with Crippen LogP contribution in [0.1, 0.15) is 12.0 Å². The van der Waals surface area contributed by atoms with E-state index < -0.39 is 0 Å². The lowest BCUT2D eigenvalue weighted by Crippen LogP contribution is -2.35. The minimum atomic E-state index is -0.303. The predicted octanol–water partition coefficient (Wildman–Crippen LogP) is 1.74. The number of ether oxygens (including phenoxy) is 1. The molecule has 0 bridgehead atoms. The Kier molecular flexibility index (Phi) is 5.22. The molecule has 0 spiro atoms. The summed E-state index contributed by atoms with van der Waals surface area (Å²) in [6, 6.07) is 5.96. The van der Waals surface area contributed by atoms with E-state index in [-0.39, 0.29) is 17.6 Å². The molecule has 0 saturated heterocycles. The fourth-order valence-corrected chi connectivity index (χ4v) is 2.31. The van der Waals surface area contributed by atoms with Gasteiger partial charge in [-0.2, -0.15) is 0 Å². The van der Waals surface area contributed by atoms with Crippen molar-refractivity contribution in [1.29, 1.82) is 0 Å². The van der Waals surface area contributed by atoms with Crippen molar-refractivity contribution in [1.82, 2.24) is 4.90 Å². The van der Waals surface area contributed by atoms with Crippen LogP contribution in [0.15, 0.2) is 35.9 Å². The van der Waals surface area contributed by atoms with Gasteiger partial charge >= 0.3 is 5.97 Å². The zero-order valence-corrected chi connectivity index (χ0v) is 12.0. The van der Waals surface area contributed by atoms with E-state index in [1.165, 1.54) is 19.2 Å². The maximum Gasteiger partial charge on any atom is 0.333 e. The SMILES string of the molecule is COC(=O)C1=CCN(CC(=O)Cc2ccc(F)cc2)CC1. The van der Waals surface area contributed by atoms with Crippen molar-refractivity contribution < 1.29 is 18.7 Å². The third kappa shape index (κ3) is 4.49. The van der Waals surface area contributed by atoms with E-state index in [9.17, 15) is 14.0 Å². The smallest absolute Gasteiger partial charge is 0.333 e. The van der Waals surface area contributed by atoms with Gasteiger partial charge < -0.3 is 4.74 Å². The minimum absolute atomic E-state index is 0.0801.